The van der Waals surface area contributed by atoms with Crippen molar-refractivity contribution in [3.63, 3.8) is 0 Å². The fourth-order valence-electron chi connectivity index (χ4n) is 1.95. The van der Waals surface area contributed by atoms with Crippen molar-refractivity contribution in [2.24, 2.45) is 0 Å². The topological polar surface area (TPSA) is 98.0 Å². The lowest BCUT2D eigenvalue weighted by Gasteiger charge is -2.04. The van der Waals surface area contributed by atoms with Gasteiger partial charge in [0.05, 0.1) is 4.90 Å². The molecule has 0 aliphatic heterocycles. The Kier molecular flexibility index (Phi) is 4.45. The zero-order chi connectivity index (χ0) is 16.1. The average molecular weight is 330 g/mol. The molecule has 0 amide bonds. The van der Waals surface area contributed by atoms with Crippen LogP contribution in [-0.4, -0.2) is 30.1 Å². The monoisotopic (exact) mass is 330 g/mol. The molecular weight excluding hydrogens is 316 g/mol. The van der Waals surface area contributed by atoms with Crippen LogP contribution in [0.5, 0.6) is 0 Å². The molecule has 3 rings (SSSR count). The third-order valence-electron chi connectivity index (χ3n) is 3.09. The van der Waals surface area contributed by atoms with Crippen LogP contribution in [0.25, 0.3) is 11.5 Å². The second-order valence-electron chi connectivity index (χ2n) is 4.71. The van der Waals surface area contributed by atoms with E-state index in [-0.39, 0.29) is 11.4 Å². The number of nitrogens with zero attached hydrogens (tertiary/aromatic N) is 3. The number of hydrogen-bond acceptors (Lipinski definition) is 6. The van der Waals surface area contributed by atoms with Crippen molar-refractivity contribution < 1.29 is 12.9 Å². The Bertz CT molecular complexity index is 864. The summed E-state index contributed by atoms with van der Waals surface area (Å²) in [6.45, 7) is 0.187. The summed E-state index contributed by atoms with van der Waals surface area (Å²) in [6, 6.07) is 11.7. The van der Waals surface area contributed by atoms with Crippen molar-refractivity contribution in [2.45, 2.75) is 11.3 Å². The van der Waals surface area contributed by atoms with E-state index in [1.54, 1.807) is 42.7 Å². The van der Waals surface area contributed by atoms with Gasteiger partial charge in [0, 0.05) is 30.9 Å². The largest absolute Gasteiger partial charge is 0.334 e. The molecule has 0 fully saturated rings. The first kappa shape index (κ1) is 15.3. The van der Waals surface area contributed by atoms with E-state index in [0.717, 1.165) is 5.56 Å². The van der Waals surface area contributed by atoms with Gasteiger partial charge in [-0.05, 0) is 24.3 Å². The molecule has 118 valence electrons. The van der Waals surface area contributed by atoms with Crippen LogP contribution >= 0.6 is 0 Å². The molecule has 2 aromatic heterocycles. The first-order valence-electron chi connectivity index (χ1n) is 6.93. The highest BCUT2D eigenvalue weighted by Gasteiger charge is 2.14. The van der Waals surface area contributed by atoms with Crippen molar-refractivity contribution in [3.8, 4) is 11.5 Å². The molecule has 0 saturated heterocycles. The second-order valence-corrected chi connectivity index (χ2v) is 6.48. The first-order valence-corrected chi connectivity index (χ1v) is 8.41. The van der Waals surface area contributed by atoms with Crippen LogP contribution in [0, 0.1) is 0 Å². The van der Waals surface area contributed by atoms with Gasteiger partial charge in [-0.3, -0.25) is 4.98 Å². The summed E-state index contributed by atoms with van der Waals surface area (Å²) in [4.78, 5) is 8.38. The Morgan fingerprint density at radius 3 is 2.52 bits per heavy atom. The van der Waals surface area contributed by atoms with Gasteiger partial charge in [0.1, 0.15) is 0 Å². The lowest BCUT2D eigenvalue weighted by Crippen LogP contribution is -2.26. The number of aromatic nitrogens is 3. The summed E-state index contributed by atoms with van der Waals surface area (Å²) >= 11 is 0. The predicted molar refractivity (Wildman–Crippen MR) is 82.9 cm³/mol. The Morgan fingerprint density at radius 1 is 1.04 bits per heavy atom. The second kappa shape index (κ2) is 6.67. The van der Waals surface area contributed by atoms with Gasteiger partial charge in [-0.15, -0.1) is 0 Å². The standard InChI is InChI=1S/C15H14N4O3S/c20-23(21,13-4-2-1-3-5-13)17-11-8-14-18-15(22-19-14)12-6-9-16-10-7-12/h1-7,9-10,17H,8,11H2. The van der Waals surface area contributed by atoms with E-state index in [0.29, 0.717) is 18.1 Å². The molecule has 0 saturated carbocycles. The quantitative estimate of drug-likeness (QED) is 0.738. The minimum atomic E-state index is -3.52. The summed E-state index contributed by atoms with van der Waals surface area (Å²) in [6.07, 6.45) is 3.60. The van der Waals surface area contributed by atoms with Crippen molar-refractivity contribution in [1.29, 1.82) is 0 Å². The molecule has 0 aliphatic rings. The van der Waals surface area contributed by atoms with E-state index in [9.17, 15) is 8.42 Å². The molecule has 0 atom stereocenters. The van der Waals surface area contributed by atoms with E-state index in [4.69, 9.17) is 4.52 Å². The third-order valence-corrected chi connectivity index (χ3v) is 4.57. The van der Waals surface area contributed by atoms with Crippen molar-refractivity contribution in [3.05, 3.63) is 60.7 Å². The van der Waals surface area contributed by atoms with Gasteiger partial charge in [-0.25, -0.2) is 13.1 Å². The summed E-state index contributed by atoms with van der Waals surface area (Å²) in [5, 5.41) is 3.84. The van der Waals surface area contributed by atoms with Gasteiger partial charge in [-0.1, -0.05) is 23.4 Å². The Morgan fingerprint density at radius 2 is 1.78 bits per heavy atom. The average Bonchev–Trinajstić information content (AvgIpc) is 3.05. The molecule has 0 unspecified atom stereocenters. The molecule has 1 N–H and O–H groups in total. The molecule has 3 aromatic rings. The zero-order valence-electron chi connectivity index (χ0n) is 12.1. The third kappa shape index (κ3) is 3.79. The molecule has 1 aromatic carbocycles. The molecule has 0 radical (unpaired) electrons. The maximum atomic E-state index is 12.1. The molecule has 0 aliphatic carbocycles. The fraction of sp³-hybridized carbons (Fsp3) is 0.133. The van der Waals surface area contributed by atoms with E-state index < -0.39 is 10.0 Å². The van der Waals surface area contributed by atoms with Crippen LogP contribution in [0.15, 0.2) is 64.3 Å². The number of benzene rings is 1. The van der Waals surface area contributed by atoms with Crippen LogP contribution in [0.3, 0.4) is 0 Å². The summed E-state index contributed by atoms with van der Waals surface area (Å²) in [7, 11) is -3.52. The van der Waals surface area contributed by atoms with Crippen LogP contribution in [0.1, 0.15) is 5.82 Å². The molecule has 8 heteroatoms. The normalized spacial score (nSPS) is 11.5. The van der Waals surface area contributed by atoms with Crippen LogP contribution < -0.4 is 4.72 Å². The molecular formula is C15H14N4O3S. The summed E-state index contributed by atoms with van der Waals surface area (Å²) < 4.78 is 31.8. The van der Waals surface area contributed by atoms with Crippen molar-refractivity contribution in [2.75, 3.05) is 6.54 Å². The number of rotatable bonds is 6. The number of sulfonamides is 1. The number of nitrogens with one attached hydrogen (secondary N) is 1. The van der Waals surface area contributed by atoms with Gasteiger partial charge in [0.15, 0.2) is 5.82 Å². The number of pyridine rings is 1. The highest BCUT2D eigenvalue weighted by Crippen LogP contribution is 2.15. The van der Waals surface area contributed by atoms with Crippen LogP contribution in [0.2, 0.25) is 0 Å². The SMILES string of the molecule is O=S(=O)(NCCc1noc(-c2ccncc2)n1)c1ccccc1. The van der Waals surface area contributed by atoms with Gasteiger partial charge >= 0.3 is 0 Å². The molecule has 0 spiro atoms. The molecule has 23 heavy (non-hydrogen) atoms. The maximum absolute atomic E-state index is 12.1. The van der Waals surface area contributed by atoms with Crippen molar-refractivity contribution >= 4 is 10.0 Å². The van der Waals surface area contributed by atoms with E-state index >= 15 is 0 Å². The van der Waals surface area contributed by atoms with Gasteiger partial charge in [0.2, 0.25) is 10.0 Å². The van der Waals surface area contributed by atoms with E-state index in [1.807, 2.05) is 0 Å². The van der Waals surface area contributed by atoms with E-state index in [2.05, 4.69) is 19.8 Å². The minimum Gasteiger partial charge on any atom is -0.334 e. The number of hydrogen-bond donors (Lipinski definition) is 1. The van der Waals surface area contributed by atoms with Gasteiger partial charge < -0.3 is 4.52 Å². The summed E-state index contributed by atoms with van der Waals surface area (Å²) in [5.41, 5.74) is 0.767. The zero-order valence-corrected chi connectivity index (χ0v) is 12.9. The molecule has 2 heterocycles. The fourth-order valence-corrected chi connectivity index (χ4v) is 3.00. The van der Waals surface area contributed by atoms with Crippen LogP contribution in [0.4, 0.5) is 0 Å². The minimum absolute atomic E-state index is 0.187. The smallest absolute Gasteiger partial charge is 0.258 e. The Hall–Kier alpha value is -2.58. The molecule has 0 bridgehead atoms. The van der Waals surface area contributed by atoms with Gasteiger partial charge in [-0.2, -0.15) is 4.98 Å². The lowest BCUT2D eigenvalue weighted by atomic mass is 10.3. The van der Waals surface area contributed by atoms with E-state index in [1.165, 1.54) is 12.1 Å². The predicted octanol–water partition coefficient (Wildman–Crippen LogP) is 1.65. The Balaban J connectivity index is 1.61. The van der Waals surface area contributed by atoms with Crippen molar-refractivity contribution in [1.82, 2.24) is 19.8 Å². The van der Waals surface area contributed by atoms with Gasteiger partial charge in [0.25, 0.3) is 5.89 Å². The highest BCUT2D eigenvalue weighted by molar-refractivity contribution is 7.89. The highest BCUT2D eigenvalue weighted by atomic mass is 32.2. The first-order chi connectivity index (χ1) is 11.1. The Labute approximate surface area is 133 Å². The maximum Gasteiger partial charge on any atom is 0.258 e. The lowest BCUT2D eigenvalue weighted by molar-refractivity contribution is 0.422. The summed E-state index contributed by atoms with van der Waals surface area (Å²) in [5.74, 6) is 0.820. The van der Waals surface area contributed by atoms with Crippen LogP contribution in [-0.2, 0) is 16.4 Å². The molecule has 7 nitrogen and oxygen atoms in total.